The van der Waals surface area contributed by atoms with E-state index in [1.165, 1.54) is 30.5 Å². The third-order valence-electron chi connectivity index (χ3n) is 5.83. The maximum Gasteiger partial charge on any atom is 0.218 e. The molecule has 1 aliphatic carbocycles. The van der Waals surface area contributed by atoms with Crippen LogP contribution in [0.1, 0.15) is 18.9 Å². The predicted molar refractivity (Wildman–Crippen MR) is 119 cm³/mol. The van der Waals surface area contributed by atoms with E-state index in [-0.39, 0.29) is 10.7 Å². The molecule has 0 spiro atoms. The molecule has 5 rings (SSSR count). The van der Waals surface area contributed by atoms with Gasteiger partial charge in [-0.3, -0.25) is 4.99 Å². The van der Waals surface area contributed by atoms with Gasteiger partial charge in [-0.1, -0.05) is 23.4 Å². The van der Waals surface area contributed by atoms with Crippen molar-refractivity contribution in [3.8, 4) is 0 Å². The summed E-state index contributed by atoms with van der Waals surface area (Å²) in [6, 6.07) is 3.40. The fraction of sp³-hybridized carbons (Fsp3) is 0.350. The molecule has 0 unspecified atom stereocenters. The molecule has 31 heavy (non-hydrogen) atoms. The standard InChI is InChI=1S/C20H19ClFN7OS/c1-19(14-5-20(14,8-30-2)31-18(23)29-19)12-4-11(7-25-16(12)22)28-17-15-13(26-9-27-17)3-10(21)6-24-15/h3-4,6-7,9,14H,5,8H2,1-2H3,(H2,23,29)(H,26,27,28)/t14-,19-,20+/m0/s1. The lowest BCUT2D eigenvalue weighted by molar-refractivity contribution is 0.184. The number of ether oxygens (including phenoxy) is 1. The first-order valence-electron chi connectivity index (χ1n) is 9.57. The second kappa shape index (κ2) is 7.25. The zero-order valence-corrected chi connectivity index (χ0v) is 18.3. The molecule has 3 atom stereocenters. The number of nitrogens with one attached hydrogen (secondary N) is 1. The number of halogens is 2. The van der Waals surface area contributed by atoms with E-state index in [4.69, 9.17) is 22.1 Å². The van der Waals surface area contributed by atoms with Crippen LogP contribution in [0.2, 0.25) is 5.02 Å². The molecule has 3 N–H and O–H groups in total. The maximum absolute atomic E-state index is 14.9. The molecule has 3 aromatic heterocycles. The number of amidine groups is 1. The lowest BCUT2D eigenvalue weighted by Crippen LogP contribution is -2.37. The Labute approximate surface area is 186 Å². The van der Waals surface area contributed by atoms with Crippen LogP contribution >= 0.6 is 23.4 Å². The maximum atomic E-state index is 14.9. The summed E-state index contributed by atoms with van der Waals surface area (Å²) in [5.41, 5.74) is 7.35. The van der Waals surface area contributed by atoms with Crippen LogP contribution in [0.15, 0.2) is 35.8 Å². The van der Waals surface area contributed by atoms with Crippen LogP contribution in [0.4, 0.5) is 15.9 Å². The summed E-state index contributed by atoms with van der Waals surface area (Å²) < 4.78 is 20.1. The highest BCUT2D eigenvalue weighted by Crippen LogP contribution is 2.65. The van der Waals surface area contributed by atoms with Gasteiger partial charge < -0.3 is 15.8 Å². The summed E-state index contributed by atoms with van der Waals surface area (Å²) in [5, 5.41) is 4.07. The van der Waals surface area contributed by atoms with Gasteiger partial charge in [-0.25, -0.2) is 19.9 Å². The average Bonchev–Trinajstić information content (AvgIpc) is 3.44. The van der Waals surface area contributed by atoms with Crippen molar-refractivity contribution in [3.63, 3.8) is 0 Å². The molecule has 0 amide bonds. The molecule has 4 heterocycles. The first-order valence-corrected chi connectivity index (χ1v) is 10.8. The van der Waals surface area contributed by atoms with E-state index in [9.17, 15) is 4.39 Å². The Morgan fingerprint density at radius 3 is 2.94 bits per heavy atom. The molecule has 1 fully saturated rings. The molecule has 0 radical (unpaired) electrons. The van der Waals surface area contributed by atoms with Crippen LogP contribution in [0.25, 0.3) is 11.0 Å². The number of thioether (sulfide) groups is 1. The zero-order chi connectivity index (χ0) is 21.8. The molecule has 2 aliphatic rings. The van der Waals surface area contributed by atoms with Crippen molar-refractivity contribution in [1.82, 2.24) is 19.9 Å². The van der Waals surface area contributed by atoms with Crippen molar-refractivity contribution < 1.29 is 9.13 Å². The largest absolute Gasteiger partial charge is 0.383 e. The molecule has 3 aromatic rings. The van der Waals surface area contributed by atoms with Crippen molar-refractivity contribution in [2.75, 3.05) is 19.0 Å². The van der Waals surface area contributed by atoms with Crippen LogP contribution in [-0.4, -0.2) is 43.6 Å². The van der Waals surface area contributed by atoms with Gasteiger partial charge in [0.15, 0.2) is 11.0 Å². The van der Waals surface area contributed by atoms with Crippen LogP contribution < -0.4 is 11.1 Å². The Kier molecular flexibility index (Phi) is 4.76. The number of anilines is 2. The van der Waals surface area contributed by atoms with Crippen LogP contribution in [0.5, 0.6) is 0 Å². The Balaban J connectivity index is 1.53. The number of pyridine rings is 2. The molecule has 1 saturated carbocycles. The Bertz CT molecular complexity index is 1230. The Morgan fingerprint density at radius 1 is 1.29 bits per heavy atom. The summed E-state index contributed by atoms with van der Waals surface area (Å²) in [6.45, 7) is 2.43. The Morgan fingerprint density at radius 2 is 2.13 bits per heavy atom. The number of methoxy groups -OCH3 is 1. The van der Waals surface area contributed by atoms with Gasteiger partial charge in [0.05, 0.1) is 39.3 Å². The topological polar surface area (TPSA) is 111 Å². The minimum absolute atomic E-state index is 0.0903. The van der Waals surface area contributed by atoms with Gasteiger partial charge >= 0.3 is 0 Å². The highest BCUT2D eigenvalue weighted by atomic mass is 35.5. The van der Waals surface area contributed by atoms with E-state index in [2.05, 4.69) is 30.2 Å². The highest BCUT2D eigenvalue weighted by molar-refractivity contribution is 8.15. The highest BCUT2D eigenvalue weighted by Gasteiger charge is 2.66. The number of nitrogens with two attached hydrogens (primary N) is 1. The monoisotopic (exact) mass is 459 g/mol. The Hall–Kier alpha value is -2.56. The van der Waals surface area contributed by atoms with E-state index >= 15 is 0 Å². The van der Waals surface area contributed by atoms with Crippen molar-refractivity contribution in [1.29, 1.82) is 0 Å². The average molecular weight is 460 g/mol. The fourth-order valence-corrected chi connectivity index (χ4v) is 5.95. The van der Waals surface area contributed by atoms with Crippen LogP contribution in [0.3, 0.4) is 0 Å². The van der Waals surface area contributed by atoms with Crippen molar-refractivity contribution in [3.05, 3.63) is 47.4 Å². The second-order valence-corrected chi connectivity index (χ2v) is 9.76. The number of hydrogen-bond acceptors (Lipinski definition) is 9. The zero-order valence-electron chi connectivity index (χ0n) is 16.8. The number of rotatable bonds is 5. The van der Waals surface area contributed by atoms with E-state index in [0.717, 1.165) is 6.42 Å². The van der Waals surface area contributed by atoms with Crippen molar-refractivity contribution in [2.45, 2.75) is 23.6 Å². The summed E-state index contributed by atoms with van der Waals surface area (Å²) in [4.78, 5) is 21.4. The second-order valence-electron chi connectivity index (χ2n) is 7.89. The van der Waals surface area contributed by atoms with Crippen molar-refractivity contribution in [2.24, 2.45) is 16.6 Å². The van der Waals surface area contributed by atoms with Gasteiger partial charge in [0, 0.05) is 24.8 Å². The first kappa shape index (κ1) is 20.3. The molecule has 11 heteroatoms. The summed E-state index contributed by atoms with van der Waals surface area (Å²) in [6.07, 6.45) is 5.18. The minimum atomic E-state index is -0.845. The SMILES string of the molecule is COC[C@]12C[C@H]1[C@](C)(c1cc(Nc3ncnc4cc(Cl)cnc34)cnc1F)N=C(N)S2. The predicted octanol–water partition coefficient (Wildman–Crippen LogP) is 3.64. The van der Waals surface area contributed by atoms with E-state index in [1.54, 1.807) is 19.2 Å². The molecule has 1 aliphatic heterocycles. The molecular formula is C20H19ClFN7OS. The van der Waals surface area contributed by atoms with Gasteiger partial charge in [0.25, 0.3) is 0 Å². The number of aromatic nitrogens is 4. The van der Waals surface area contributed by atoms with Gasteiger partial charge in [0.2, 0.25) is 5.95 Å². The first-order chi connectivity index (χ1) is 14.8. The van der Waals surface area contributed by atoms with E-state index in [0.29, 0.717) is 44.9 Å². The van der Waals surface area contributed by atoms with Crippen LogP contribution in [0, 0.1) is 11.9 Å². The van der Waals surface area contributed by atoms with Crippen LogP contribution in [-0.2, 0) is 10.3 Å². The molecule has 8 nitrogen and oxygen atoms in total. The molecular weight excluding hydrogens is 441 g/mol. The molecule has 0 bridgehead atoms. The quantitative estimate of drug-likeness (QED) is 0.556. The van der Waals surface area contributed by atoms with Gasteiger partial charge in [-0.05, 0) is 25.5 Å². The van der Waals surface area contributed by atoms with Crippen molar-refractivity contribution >= 4 is 51.1 Å². The van der Waals surface area contributed by atoms with Gasteiger partial charge in [-0.2, -0.15) is 4.39 Å². The number of fused-ring (bicyclic) bond motifs is 2. The van der Waals surface area contributed by atoms with Gasteiger partial charge in [0.1, 0.15) is 11.8 Å². The number of hydrogen-bond donors (Lipinski definition) is 2. The summed E-state index contributed by atoms with van der Waals surface area (Å²) in [5.74, 6) is -0.0202. The summed E-state index contributed by atoms with van der Waals surface area (Å²) >= 11 is 7.51. The number of nitrogens with zero attached hydrogens (tertiary/aromatic N) is 5. The molecule has 160 valence electrons. The lowest BCUT2D eigenvalue weighted by atomic mass is 9.86. The third-order valence-corrected chi connectivity index (χ3v) is 7.31. The number of aliphatic imine (C=N–C) groups is 1. The lowest BCUT2D eigenvalue weighted by Gasteiger charge is -2.33. The summed E-state index contributed by atoms with van der Waals surface area (Å²) in [7, 11) is 1.66. The van der Waals surface area contributed by atoms with E-state index < -0.39 is 11.5 Å². The smallest absolute Gasteiger partial charge is 0.218 e. The minimum Gasteiger partial charge on any atom is -0.383 e. The van der Waals surface area contributed by atoms with E-state index in [1.807, 2.05) is 6.92 Å². The molecule has 0 saturated heterocycles. The van der Waals surface area contributed by atoms with Gasteiger partial charge in [-0.15, -0.1) is 0 Å². The third kappa shape index (κ3) is 3.38. The molecule has 0 aromatic carbocycles. The fourth-order valence-electron chi connectivity index (χ4n) is 4.35. The normalized spacial score (nSPS) is 27.0.